The van der Waals surface area contributed by atoms with Gasteiger partial charge < -0.3 is 9.47 Å². The Morgan fingerprint density at radius 1 is 1.03 bits per heavy atom. The van der Waals surface area contributed by atoms with E-state index in [9.17, 15) is 0 Å². The van der Waals surface area contributed by atoms with Gasteiger partial charge in [0.05, 0.1) is 18.9 Å². The van der Waals surface area contributed by atoms with Crippen molar-refractivity contribution >= 4 is 11.3 Å². The zero-order chi connectivity index (χ0) is 24.1. The molecule has 0 aliphatic heterocycles. The number of fused-ring (bicyclic) bond motifs is 1. The number of hydrogen-bond acceptors (Lipinski definition) is 4. The molecule has 0 bridgehead atoms. The van der Waals surface area contributed by atoms with Gasteiger partial charge in [-0.2, -0.15) is 0 Å². The van der Waals surface area contributed by atoms with Gasteiger partial charge in [-0.3, -0.25) is 0 Å². The van der Waals surface area contributed by atoms with Gasteiger partial charge in [0, 0.05) is 22.8 Å². The molecule has 4 rings (SSSR count). The Kier molecular flexibility index (Phi) is 7.98. The van der Waals surface area contributed by atoms with Crippen LogP contribution in [0, 0.1) is 0 Å². The second-order valence-corrected chi connectivity index (χ2v) is 11.3. The molecular weight excluding hydrogens is 438 g/mol. The van der Waals surface area contributed by atoms with E-state index >= 15 is 0 Å². The van der Waals surface area contributed by atoms with Gasteiger partial charge in [-0.05, 0) is 78.6 Å². The first kappa shape index (κ1) is 24.8. The van der Waals surface area contributed by atoms with Gasteiger partial charge in [-0.15, -0.1) is 11.3 Å². The molecule has 0 N–H and O–H groups in total. The fourth-order valence-corrected chi connectivity index (χ4v) is 5.74. The standard InChI is InChI=1S/C30H39NO2S/c1-6-9-23-18-24(29-31-28(20-34-29)30(3,4)5)12-15-27(23)33-17-8-16-32-25-13-14-26-21(7-2)10-11-22(26)19-25/h12-15,18-21H,6-11,16-17H2,1-5H3/t21-/m1/s1. The number of thiazole rings is 1. The summed E-state index contributed by atoms with van der Waals surface area (Å²) in [5.74, 6) is 2.71. The maximum absolute atomic E-state index is 6.18. The lowest BCUT2D eigenvalue weighted by Crippen LogP contribution is -2.11. The molecular formula is C30H39NO2S. The quantitative estimate of drug-likeness (QED) is 0.275. The van der Waals surface area contributed by atoms with Crippen LogP contribution in [0.15, 0.2) is 41.8 Å². The summed E-state index contributed by atoms with van der Waals surface area (Å²) in [4.78, 5) is 4.89. The number of aryl methyl sites for hydroxylation is 2. The third-order valence-electron chi connectivity index (χ3n) is 6.72. The van der Waals surface area contributed by atoms with E-state index in [-0.39, 0.29) is 5.41 Å². The smallest absolute Gasteiger partial charge is 0.123 e. The molecule has 1 aliphatic rings. The number of hydrogen-bond donors (Lipinski definition) is 0. The molecule has 1 aliphatic carbocycles. The van der Waals surface area contributed by atoms with Gasteiger partial charge in [0.1, 0.15) is 16.5 Å². The van der Waals surface area contributed by atoms with Crippen molar-refractivity contribution in [2.45, 2.75) is 84.5 Å². The molecule has 0 radical (unpaired) electrons. The monoisotopic (exact) mass is 477 g/mol. The molecule has 34 heavy (non-hydrogen) atoms. The van der Waals surface area contributed by atoms with E-state index in [2.05, 4.69) is 76.4 Å². The number of ether oxygens (including phenoxy) is 2. The molecule has 0 amide bonds. The van der Waals surface area contributed by atoms with Crippen molar-refractivity contribution in [2.24, 2.45) is 0 Å². The fraction of sp³-hybridized carbons (Fsp3) is 0.500. The molecule has 1 heterocycles. The molecule has 2 aromatic carbocycles. The summed E-state index contributed by atoms with van der Waals surface area (Å²) in [6, 6.07) is 13.2. The average molecular weight is 478 g/mol. The minimum Gasteiger partial charge on any atom is -0.493 e. The summed E-state index contributed by atoms with van der Waals surface area (Å²) in [6.07, 6.45) is 6.65. The summed E-state index contributed by atoms with van der Waals surface area (Å²) in [5, 5.41) is 3.27. The van der Waals surface area contributed by atoms with Gasteiger partial charge in [0.25, 0.3) is 0 Å². The first-order valence-electron chi connectivity index (χ1n) is 12.9. The minimum atomic E-state index is 0.0733. The van der Waals surface area contributed by atoms with Crippen molar-refractivity contribution in [3.63, 3.8) is 0 Å². The molecule has 1 aromatic heterocycles. The highest BCUT2D eigenvalue weighted by Gasteiger charge is 2.21. The fourth-order valence-electron chi connectivity index (χ4n) is 4.70. The Morgan fingerprint density at radius 3 is 2.59 bits per heavy atom. The zero-order valence-corrected chi connectivity index (χ0v) is 22.3. The summed E-state index contributed by atoms with van der Waals surface area (Å²) in [5.41, 5.74) is 6.67. The molecule has 0 fully saturated rings. The molecule has 0 saturated carbocycles. The van der Waals surface area contributed by atoms with E-state index in [4.69, 9.17) is 14.5 Å². The lowest BCUT2D eigenvalue weighted by atomic mass is 9.93. The second kappa shape index (κ2) is 10.9. The molecule has 182 valence electrons. The van der Waals surface area contributed by atoms with Crippen molar-refractivity contribution in [3.8, 4) is 22.1 Å². The first-order chi connectivity index (χ1) is 16.4. The van der Waals surface area contributed by atoms with E-state index in [0.717, 1.165) is 47.4 Å². The SMILES string of the molecule is CCCc1cc(-c2nc(C(C)(C)C)cs2)ccc1OCCCOc1ccc2c(c1)CC[C@H]2CC. The predicted octanol–water partition coefficient (Wildman–Crippen LogP) is 8.35. The molecule has 0 unspecified atom stereocenters. The van der Waals surface area contributed by atoms with Crippen molar-refractivity contribution in [1.29, 1.82) is 0 Å². The van der Waals surface area contributed by atoms with Crippen LogP contribution in [0.2, 0.25) is 0 Å². The predicted molar refractivity (Wildman–Crippen MR) is 144 cm³/mol. The van der Waals surface area contributed by atoms with Crippen LogP contribution >= 0.6 is 11.3 Å². The van der Waals surface area contributed by atoms with E-state index in [1.54, 1.807) is 11.3 Å². The Hall–Kier alpha value is -2.33. The summed E-state index contributed by atoms with van der Waals surface area (Å²) < 4.78 is 12.2. The van der Waals surface area contributed by atoms with Gasteiger partial charge in [0.15, 0.2) is 0 Å². The maximum atomic E-state index is 6.18. The van der Waals surface area contributed by atoms with Crippen LogP contribution in [0.5, 0.6) is 11.5 Å². The topological polar surface area (TPSA) is 31.4 Å². The van der Waals surface area contributed by atoms with Crippen LogP contribution < -0.4 is 9.47 Å². The highest BCUT2D eigenvalue weighted by Crippen LogP contribution is 2.37. The third kappa shape index (κ3) is 5.83. The number of benzene rings is 2. The second-order valence-electron chi connectivity index (χ2n) is 10.4. The highest BCUT2D eigenvalue weighted by molar-refractivity contribution is 7.13. The Morgan fingerprint density at radius 2 is 1.85 bits per heavy atom. The molecule has 4 heteroatoms. The van der Waals surface area contributed by atoms with Crippen LogP contribution in [0.3, 0.4) is 0 Å². The maximum Gasteiger partial charge on any atom is 0.123 e. The molecule has 1 atom stereocenters. The number of aromatic nitrogens is 1. The Labute approximate surface area is 209 Å². The van der Waals surface area contributed by atoms with Crippen molar-refractivity contribution in [2.75, 3.05) is 13.2 Å². The summed E-state index contributed by atoms with van der Waals surface area (Å²) in [6.45, 7) is 12.5. The van der Waals surface area contributed by atoms with Crippen molar-refractivity contribution in [3.05, 3.63) is 64.2 Å². The largest absolute Gasteiger partial charge is 0.493 e. The molecule has 3 aromatic rings. The first-order valence-corrected chi connectivity index (χ1v) is 13.7. The number of nitrogens with zero attached hydrogens (tertiary/aromatic N) is 1. The summed E-state index contributed by atoms with van der Waals surface area (Å²) in [7, 11) is 0. The van der Waals surface area contributed by atoms with E-state index < -0.39 is 0 Å². The summed E-state index contributed by atoms with van der Waals surface area (Å²) >= 11 is 1.72. The van der Waals surface area contributed by atoms with E-state index in [1.807, 2.05) is 0 Å². The van der Waals surface area contributed by atoms with E-state index in [1.165, 1.54) is 41.5 Å². The molecule has 3 nitrogen and oxygen atoms in total. The van der Waals surface area contributed by atoms with Crippen LogP contribution in [-0.4, -0.2) is 18.2 Å². The normalized spacial score (nSPS) is 15.4. The third-order valence-corrected chi connectivity index (χ3v) is 7.61. The van der Waals surface area contributed by atoms with Gasteiger partial charge in [-0.25, -0.2) is 4.98 Å². The number of rotatable bonds is 10. The minimum absolute atomic E-state index is 0.0733. The van der Waals surface area contributed by atoms with Crippen LogP contribution in [0.1, 0.15) is 88.6 Å². The van der Waals surface area contributed by atoms with Gasteiger partial charge >= 0.3 is 0 Å². The molecule has 0 saturated heterocycles. The van der Waals surface area contributed by atoms with Crippen LogP contribution in [-0.2, 0) is 18.3 Å². The lowest BCUT2D eigenvalue weighted by Gasteiger charge is -2.15. The van der Waals surface area contributed by atoms with Crippen molar-refractivity contribution < 1.29 is 9.47 Å². The van der Waals surface area contributed by atoms with Crippen LogP contribution in [0.25, 0.3) is 10.6 Å². The lowest BCUT2D eigenvalue weighted by molar-refractivity contribution is 0.246. The zero-order valence-electron chi connectivity index (χ0n) is 21.4. The van der Waals surface area contributed by atoms with E-state index in [0.29, 0.717) is 13.2 Å². The van der Waals surface area contributed by atoms with Gasteiger partial charge in [-0.1, -0.05) is 47.1 Å². The molecule has 0 spiro atoms. The highest BCUT2D eigenvalue weighted by atomic mass is 32.1. The Bertz CT molecular complexity index is 1100. The average Bonchev–Trinajstić information content (AvgIpc) is 3.47. The Balaban J connectivity index is 1.32. The van der Waals surface area contributed by atoms with Crippen molar-refractivity contribution in [1.82, 2.24) is 4.98 Å². The van der Waals surface area contributed by atoms with Crippen LogP contribution in [0.4, 0.5) is 0 Å². The van der Waals surface area contributed by atoms with Gasteiger partial charge in [0.2, 0.25) is 0 Å².